The van der Waals surface area contributed by atoms with E-state index in [2.05, 4.69) is 43.1 Å². The van der Waals surface area contributed by atoms with Gasteiger partial charge in [-0.2, -0.15) is 0 Å². The molecule has 0 spiro atoms. The van der Waals surface area contributed by atoms with Crippen molar-refractivity contribution in [1.82, 2.24) is 25.0 Å². The van der Waals surface area contributed by atoms with Gasteiger partial charge in [0.15, 0.2) is 5.75 Å². The van der Waals surface area contributed by atoms with Crippen LogP contribution >= 0.6 is 0 Å². The fraction of sp³-hybridized carbons (Fsp3) is 0.348. The molecule has 158 valence electrons. The molecule has 0 radical (unpaired) electrons. The average Bonchev–Trinajstić information content (AvgIpc) is 3.37. The standard InChI is InChI=1S/C23H24N6O2/c1-14-20(15(2)31-27-14)16-6-7-18-21-22(16)30-13-19(17-5-3-4-8-25-17)29(21)23(26-18)28-11-9-24-10-12-28/h3-8,19,24H,9-13H2,1-2H3/t19-/m1/s1. The van der Waals surface area contributed by atoms with Crippen LogP contribution in [0.15, 0.2) is 41.1 Å². The molecule has 8 nitrogen and oxygen atoms in total. The highest BCUT2D eigenvalue weighted by atomic mass is 16.5. The van der Waals surface area contributed by atoms with Gasteiger partial charge in [0, 0.05) is 37.9 Å². The molecule has 5 heterocycles. The van der Waals surface area contributed by atoms with Crippen molar-refractivity contribution in [2.75, 3.05) is 37.7 Å². The topological polar surface area (TPSA) is 81.2 Å². The van der Waals surface area contributed by atoms with Crippen molar-refractivity contribution in [3.8, 4) is 16.9 Å². The number of aryl methyl sites for hydroxylation is 2. The molecule has 1 N–H and O–H groups in total. The molecule has 8 heteroatoms. The maximum Gasteiger partial charge on any atom is 0.207 e. The Morgan fingerprint density at radius 1 is 1.10 bits per heavy atom. The summed E-state index contributed by atoms with van der Waals surface area (Å²) in [5.74, 6) is 2.61. The van der Waals surface area contributed by atoms with E-state index in [9.17, 15) is 0 Å². The predicted octanol–water partition coefficient (Wildman–Crippen LogP) is 3.09. The Balaban J connectivity index is 1.62. The molecule has 3 aromatic heterocycles. The number of benzene rings is 1. The number of imidazole rings is 1. The van der Waals surface area contributed by atoms with Crippen molar-refractivity contribution in [3.63, 3.8) is 0 Å². The van der Waals surface area contributed by atoms with Crippen LogP contribution in [-0.2, 0) is 0 Å². The lowest BCUT2D eigenvalue weighted by Crippen LogP contribution is -2.45. The number of nitrogens with one attached hydrogen (secondary N) is 1. The molecule has 4 aromatic rings. The van der Waals surface area contributed by atoms with E-state index in [-0.39, 0.29) is 6.04 Å². The minimum atomic E-state index is -0.0384. The maximum absolute atomic E-state index is 6.43. The van der Waals surface area contributed by atoms with Gasteiger partial charge in [-0.1, -0.05) is 11.2 Å². The summed E-state index contributed by atoms with van der Waals surface area (Å²) in [6, 6.07) is 10.1. The zero-order chi connectivity index (χ0) is 20.9. The van der Waals surface area contributed by atoms with Gasteiger partial charge in [0.05, 0.1) is 22.5 Å². The molecule has 0 unspecified atom stereocenters. The Bertz CT molecular complexity index is 1240. The van der Waals surface area contributed by atoms with E-state index in [4.69, 9.17) is 14.2 Å². The van der Waals surface area contributed by atoms with E-state index in [0.29, 0.717) is 6.61 Å². The number of nitrogens with zero attached hydrogens (tertiary/aromatic N) is 5. The Hall–Kier alpha value is -3.39. The summed E-state index contributed by atoms with van der Waals surface area (Å²) < 4.78 is 14.2. The largest absolute Gasteiger partial charge is 0.488 e. The summed E-state index contributed by atoms with van der Waals surface area (Å²) in [4.78, 5) is 12.1. The first-order chi connectivity index (χ1) is 15.2. The molecule has 0 amide bonds. The van der Waals surface area contributed by atoms with Crippen molar-refractivity contribution in [2.24, 2.45) is 0 Å². The van der Waals surface area contributed by atoms with Crippen molar-refractivity contribution in [3.05, 3.63) is 53.7 Å². The van der Waals surface area contributed by atoms with Crippen LogP contribution in [0.5, 0.6) is 5.75 Å². The zero-order valence-corrected chi connectivity index (χ0v) is 17.6. The molecule has 2 aliphatic rings. The van der Waals surface area contributed by atoms with Crippen molar-refractivity contribution < 1.29 is 9.26 Å². The highest BCUT2D eigenvalue weighted by molar-refractivity contribution is 5.94. The lowest BCUT2D eigenvalue weighted by Gasteiger charge is -2.33. The average molecular weight is 416 g/mol. The van der Waals surface area contributed by atoms with Gasteiger partial charge in [-0.3, -0.25) is 9.55 Å². The van der Waals surface area contributed by atoms with Gasteiger partial charge in [-0.25, -0.2) is 4.98 Å². The van der Waals surface area contributed by atoms with Gasteiger partial charge in [-0.05, 0) is 38.1 Å². The molecular formula is C23H24N6O2. The fourth-order valence-electron chi connectivity index (χ4n) is 4.77. The number of anilines is 1. The molecule has 31 heavy (non-hydrogen) atoms. The summed E-state index contributed by atoms with van der Waals surface area (Å²) in [5, 5.41) is 7.58. The van der Waals surface area contributed by atoms with E-state index in [0.717, 1.165) is 77.2 Å². The second kappa shape index (κ2) is 7.09. The lowest BCUT2D eigenvalue weighted by atomic mass is 10.0. The maximum atomic E-state index is 6.43. The molecule has 1 fully saturated rings. The van der Waals surface area contributed by atoms with Gasteiger partial charge in [-0.15, -0.1) is 0 Å². The molecule has 0 aliphatic carbocycles. The number of pyridine rings is 1. The first-order valence-electron chi connectivity index (χ1n) is 10.7. The molecule has 1 atom stereocenters. The Labute approximate surface area is 179 Å². The third kappa shape index (κ3) is 2.82. The van der Waals surface area contributed by atoms with Gasteiger partial charge in [0.1, 0.15) is 23.9 Å². The Morgan fingerprint density at radius 2 is 1.97 bits per heavy atom. The van der Waals surface area contributed by atoms with Crippen LogP contribution in [0.25, 0.3) is 22.2 Å². The molecule has 1 saturated heterocycles. The molecular weight excluding hydrogens is 392 g/mol. The van der Waals surface area contributed by atoms with E-state index >= 15 is 0 Å². The zero-order valence-electron chi connectivity index (χ0n) is 17.6. The van der Waals surface area contributed by atoms with Crippen LogP contribution in [0.4, 0.5) is 5.95 Å². The first-order valence-corrected chi connectivity index (χ1v) is 10.7. The summed E-state index contributed by atoms with van der Waals surface area (Å²) in [5.41, 5.74) is 5.76. The van der Waals surface area contributed by atoms with E-state index in [1.54, 1.807) is 0 Å². The Morgan fingerprint density at radius 3 is 2.71 bits per heavy atom. The molecule has 1 aromatic carbocycles. The quantitative estimate of drug-likeness (QED) is 0.550. The van der Waals surface area contributed by atoms with Crippen molar-refractivity contribution >= 4 is 17.0 Å². The second-order valence-electron chi connectivity index (χ2n) is 8.11. The van der Waals surface area contributed by atoms with Crippen LogP contribution in [0, 0.1) is 13.8 Å². The summed E-state index contributed by atoms with van der Waals surface area (Å²) in [6.45, 7) is 8.14. The third-order valence-corrected chi connectivity index (χ3v) is 6.22. The fourth-order valence-corrected chi connectivity index (χ4v) is 4.77. The number of hydrogen-bond donors (Lipinski definition) is 1. The molecule has 6 rings (SSSR count). The van der Waals surface area contributed by atoms with Crippen LogP contribution in [0.3, 0.4) is 0 Å². The minimum Gasteiger partial charge on any atom is -0.488 e. The highest BCUT2D eigenvalue weighted by Crippen LogP contribution is 2.45. The number of hydrogen-bond acceptors (Lipinski definition) is 7. The number of piperazine rings is 1. The molecule has 2 aliphatic heterocycles. The monoisotopic (exact) mass is 416 g/mol. The Kier molecular flexibility index (Phi) is 4.21. The van der Waals surface area contributed by atoms with Crippen LogP contribution < -0.4 is 15.0 Å². The first kappa shape index (κ1) is 18.4. The predicted molar refractivity (Wildman–Crippen MR) is 118 cm³/mol. The van der Waals surface area contributed by atoms with Crippen molar-refractivity contribution in [2.45, 2.75) is 19.9 Å². The van der Waals surface area contributed by atoms with Crippen molar-refractivity contribution in [1.29, 1.82) is 0 Å². The third-order valence-electron chi connectivity index (χ3n) is 6.22. The van der Waals surface area contributed by atoms with Gasteiger partial charge in [0.2, 0.25) is 5.95 Å². The molecule has 0 saturated carbocycles. The van der Waals surface area contributed by atoms with Crippen LogP contribution in [0.2, 0.25) is 0 Å². The van der Waals surface area contributed by atoms with E-state index < -0.39 is 0 Å². The van der Waals surface area contributed by atoms with Crippen LogP contribution in [-0.4, -0.2) is 52.5 Å². The minimum absolute atomic E-state index is 0.0384. The lowest BCUT2D eigenvalue weighted by molar-refractivity contribution is 0.257. The van der Waals surface area contributed by atoms with Gasteiger partial charge >= 0.3 is 0 Å². The highest BCUT2D eigenvalue weighted by Gasteiger charge is 2.33. The van der Waals surface area contributed by atoms with Gasteiger partial charge < -0.3 is 19.5 Å². The van der Waals surface area contributed by atoms with Crippen LogP contribution in [0.1, 0.15) is 23.2 Å². The second-order valence-corrected chi connectivity index (χ2v) is 8.11. The SMILES string of the molecule is Cc1noc(C)c1-c1ccc2nc(N3CCNCC3)n3c2c1OC[C@@H]3c1ccccn1. The number of aromatic nitrogens is 4. The number of rotatable bonds is 3. The number of ether oxygens (including phenoxy) is 1. The summed E-state index contributed by atoms with van der Waals surface area (Å²) in [7, 11) is 0. The smallest absolute Gasteiger partial charge is 0.207 e. The van der Waals surface area contributed by atoms with E-state index in [1.165, 1.54) is 0 Å². The normalized spacial score (nSPS) is 18.4. The van der Waals surface area contributed by atoms with E-state index in [1.807, 2.05) is 32.2 Å². The summed E-state index contributed by atoms with van der Waals surface area (Å²) >= 11 is 0. The summed E-state index contributed by atoms with van der Waals surface area (Å²) in [6.07, 6.45) is 1.84. The molecule has 0 bridgehead atoms. The van der Waals surface area contributed by atoms with Gasteiger partial charge in [0.25, 0.3) is 0 Å².